The van der Waals surface area contributed by atoms with E-state index in [1.165, 1.54) is 5.01 Å². The molecule has 31 heavy (non-hydrogen) atoms. The summed E-state index contributed by atoms with van der Waals surface area (Å²) in [6, 6.07) is 0.192. The van der Waals surface area contributed by atoms with Gasteiger partial charge in [-0.15, -0.1) is 0 Å². The zero-order chi connectivity index (χ0) is 22.4. The van der Waals surface area contributed by atoms with Gasteiger partial charge in [-0.1, -0.05) is 12.8 Å². The van der Waals surface area contributed by atoms with Crippen LogP contribution in [0.4, 0.5) is 4.79 Å². The van der Waals surface area contributed by atoms with Crippen molar-refractivity contribution in [2.45, 2.75) is 81.5 Å². The fourth-order valence-electron chi connectivity index (χ4n) is 4.28. The molecule has 11 heteroatoms. The Balaban J connectivity index is 1.45. The molecule has 0 aromatic heterocycles. The van der Waals surface area contributed by atoms with Crippen LogP contribution < -0.4 is 10.6 Å². The summed E-state index contributed by atoms with van der Waals surface area (Å²) in [5, 5.41) is 17.2. The highest BCUT2D eigenvalue weighted by Crippen LogP contribution is 2.33. The lowest BCUT2D eigenvalue weighted by Crippen LogP contribution is -2.49. The summed E-state index contributed by atoms with van der Waals surface area (Å²) in [4.78, 5) is 59.2. The summed E-state index contributed by atoms with van der Waals surface area (Å²) in [5.74, 6) is -0.947. The quantitative estimate of drug-likeness (QED) is 0.229. The number of thioether (sulfide) groups is 1. The van der Waals surface area contributed by atoms with Gasteiger partial charge >= 0.3 is 12.0 Å². The highest BCUT2D eigenvalue weighted by Gasteiger charge is 2.42. The van der Waals surface area contributed by atoms with E-state index in [9.17, 15) is 24.0 Å². The van der Waals surface area contributed by atoms with Gasteiger partial charge in [-0.2, -0.15) is 16.8 Å². The zero-order valence-corrected chi connectivity index (χ0v) is 18.3. The molecule has 0 saturated carbocycles. The molecular formula is C20H30N4O6S. The number of carbonyl (C=O) groups is 5. The van der Waals surface area contributed by atoms with Crippen LogP contribution in [0, 0.1) is 0 Å². The Bertz CT molecular complexity index is 716. The number of nitrogens with one attached hydrogen (secondary N) is 2. The predicted octanol–water partition coefficient (Wildman–Crippen LogP) is 1.25. The van der Waals surface area contributed by atoms with Gasteiger partial charge in [-0.25, -0.2) is 9.80 Å². The average Bonchev–Trinajstić information content (AvgIpc) is 3.36. The minimum atomic E-state index is -0.863. The minimum Gasteiger partial charge on any atom is -0.481 e. The van der Waals surface area contributed by atoms with Gasteiger partial charge in [0.05, 0.1) is 12.1 Å². The zero-order valence-electron chi connectivity index (χ0n) is 17.5. The molecule has 172 valence electrons. The van der Waals surface area contributed by atoms with Crippen LogP contribution in [-0.4, -0.2) is 74.5 Å². The van der Waals surface area contributed by atoms with Gasteiger partial charge in [-0.05, 0) is 25.7 Å². The molecule has 3 saturated heterocycles. The predicted molar refractivity (Wildman–Crippen MR) is 113 cm³/mol. The number of unbranched alkanes of at least 4 members (excludes halogenated alkanes) is 3. The maximum Gasteiger partial charge on any atom is 0.315 e. The second kappa shape index (κ2) is 10.8. The van der Waals surface area contributed by atoms with Gasteiger partial charge < -0.3 is 15.7 Å². The number of rotatable bonds is 12. The molecule has 3 heterocycles. The Morgan fingerprint density at radius 3 is 2.42 bits per heavy atom. The van der Waals surface area contributed by atoms with Crippen molar-refractivity contribution in [3.63, 3.8) is 0 Å². The number of urea groups is 1. The molecule has 3 N–H and O–H groups in total. The smallest absolute Gasteiger partial charge is 0.315 e. The molecule has 0 aliphatic carbocycles. The molecular weight excluding hydrogens is 424 g/mol. The Morgan fingerprint density at radius 2 is 1.71 bits per heavy atom. The molecule has 10 nitrogen and oxygen atoms in total. The third kappa shape index (κ3) is 6.11. The van der Waals surface area contributed by atoms with Crippen molar-refractivity contribution in [3.05, 3.63) is 0 Å². The van der Waals surface area contributed by atoms with Crippen LogP contribution >= 0.6 is 11.8 Å². The van der Waals surface area contributed by atoms with E-state index in [1.54, 1.807) is 0 Å². The standard InChI is InChI=1S/C20H30N4O6S/c25-15(7-4-3-6-14-19-13(12-31-14)21-20(30)22-19)23(11-5-1-2-8-18(28)29)24-16(26)9-10-17(24)27/h13-14,19H,1-12H2,(H,28,29)(H2,21,22,30)/t13-,14-,19-/m0/s1. The molecule has 3 rings (SSSR count). The van der Waals surface area contributed by atoms with Gasteiger partial charge in [-0.3, -0.25) is 19.2 Å². The first-order chi connectivity index (χ1) is 14.9. The van der Waals surface area contributed by atoms with E-state index in [0.29, 0.717) is 30.9 Å². The Morgan fingerprint density at radius 1 is 1.00 bits per heavy atom. The van der Waals surface area contributed by atoms with Crippen molar-refractivity contribution in [1.82, 2.24) is 20.7 Å². The summed E-state index contributed by atoms with van der Waals surface area (Å²) < 4.78 is 0. The van der Waals surface area contributed by atoms with Crippen LogP contribution in [0.25, 0.3) is 0 Å². The number of hydrogen-bond acceptors (Lipinski definition) is 6. The average molecular weight is 455 g/mol. The van der Waals surface area contributed by atoms with Crippen LogP contribution in [0.2, 0.25) is 0 Å². The summed E-state index contributed by atoms with van der Waals surface area (Å²) in [5.41, 5.74) is 0. The van der Waals surface area contributed by atoms with Crippen LogP contribution in [0.1, 0.15) is 64.2 Å². The lowest BCUT2D eigenvalue weighted by molar-refractivity contribution is -0.168. The molecule has 0 bridgehead atoms. The van der Waals surface area contributed by atoms with Crippen molar-refractivity contribution >= 4 is 41.5 Å². The van der Waals surface area contributed by atoms with Crippen LogP contribution in [-0.2, 0) is 19.2 Å². The molecule has 3 aliphatic heterocycles. The third-order valence-electron chi connectivity index (χ3n) is 5.88. The fraction of sp³-hybridized carbons (Fsp3) is 0.750. The molecule has 0 aromatic rings. The highest BCUT2D eigenvalue weighted by atomic mass is 32.2. The lowest BCUT2D eigenvalue weighted by Gasteiger charge is -2.30. The number of fused-ring (bicyclic) bond motifs is 1. The summed E-state index contributed by atoms with van der Waals surface area (Å²) >= 11 is 1.83. The Labute approximate surface area is 185 Å². The molecule has 5 amide bonds. The van der Waals surface area contributed by atoms with Gasteiger partial charge in [0.2, 0.25) is 17.7 Å². The molecule has 0 radical (unpaired) electrons. The summed E-state index contributed by atoms with van der Waals surface area (Å²) in [6.45, 7) is 0.232. The third-order valence-corrected chi connectivity index (χ3v) is 7.39. The number of hydrazine groups is 1. The number of carboxylic acids is 1. The van der Waals surface area contributed by atoms with E-state index in [4.69, 9.17) is 5.11 Å². The SMILES string of the molecule is O=C(O)CCCCCN(C(=O)CCCC[C@@H]1SC[C@@H]2NC(=O)N[C@@H]21)N1C(=O)CCC1=O. The van der Waals surface area contributed by atoms with E-state index in [2.05, 4.69) is 10.6 Å². The minimum absolute atomic E-state index is 0.0620. The second-order valence-electron chi connectivity index (χ2n) is 8.19. The van der Waals surface area contributed by atoms with E-state index in [0.717, 1.165) is 23.6 Å². The first-order valence-corrected chi connectivity index (χ1v) is 12.0. The van der Waals surface area contributed by atoms with Crippen LogP contribution in [0.15, 0.2) is 0 Å². The van der Waals surface area contributed by atoms with Crippen molar-refractivity contribution < 1.29 is 29.1 Å². The van der Waals surface area contributed by atoms with Crippen molar-refractivity contribution in [2.75, 3.05) is 12.3 Å². The largest absolute Gasteiger partial charge is 0.481 e. The highest BCUT2D eigenvalue weighted by molar-refractivity contribution is 8.00. The summed E-state index contributed by atoms with van der Waals surface area (Å²) in [7, 11) is 0. The maximum atomic E-state index is 12.8. The number of hydrogen-bond donors (Lipinski definition) is 3. The molecule has 0 aromatic carbocycles. The lowest BCUT2D eigenvalue weighted by atomic mass is 10.0. The van der Waals surface area contributed by atoms with Gasteiger partial charge in [0.25, 0.3) is 0 Å². The van der Waals surface area contributed by atoms with E-state index in [-0.39, 0.29) is 68.1 Å². The maximum absolute atomic E-state index is 12.8. The van der Waals surface area contributed by atoms with Crippen molar-refractivity contribution in [2.24, 2.45) is 0 Å². The number of imide groups is 1. The van der Waals surface area contributed by atoms with Crippen molar-refractivity contribution in [1.29, 1.82) is 0 Å². The molecule has 3 atom stereocenters. The van der Waals surface area contributed by atoms with Crippen molar-refractivity contribution in [3.8, 4) is 0 Å². The van der Waals surface area contributed by atoms with E-state index in [1.807, 2.05) is 11.8 Å². The molecule has 3 aliphatic rings. The monoisotopic (exact) mass is 454 g/mol. The fourth-order valence-corrected chi connectivity index (χ4v) is 5.82. The molecule has 3 fully saturated rings. The summed E-state index contributed by atoms with van der Waals surface area (Å²) in [6.07, 6.45) is 4.50. The second-order valence-corrected chi connectivity index (χ2v) is 9.46. The van der Waals surface area contributed by atoms with Gasteiger partial charge in [0.15, 0.2) is 0 Å². The number of carbonyl (C=O) groups excluding carboxylic acids is 4. The van der Waals surface area contributed by atoms with E-state index >= 15 is 0 Å². The first-order valence-electron chi connectivity index (χ1n) is 10.9. The molecule has 0 spiro atoms. The first kappa shape index (κ1) is 23.4. The number of amides is 5. The van der Waals surface area contributed by atoms with E-state index < -0.39 is 5.97 Å². The normalized spacial score (nSPS) is 24.8. The van der Waals surface area contributed by atoms with Crippen LogP contribution in [0.3, 0.4) is 0 Å². The number of aliphatic carboxylic acids is 1. The van der Waals surface area contributed by atoms with Crippen LogP contribution in [0.5, 0.6) is 0 Å². The Hall–Kier alpha value is -2.30. The Kier molecular flexibility index (Phi) is 8.16. The van der Waals surface area contributed by atoms with Gasteiger partial charge in [0.1, 0.15) is 0 Å². The number of nitrogens with zero attached hydrogens (tertiary/aromatic N) is 2. The topological polar surface area (TPSA) is 136 Å². The van der Waals surface area contributed by atoms with Gasteiger partial charge in [0, 0.05) is 43.2 Å². The molecule has 0 unspecified atom stereocenters. The number of carboxylic acid groups (broad SMARTS) is 1.